The van der Waals surface area contributed by atoms with Crippen molar-refractivity contribution >= 4 is 27.5 Å². The van der Waals surface area contributed by atoms with Crippen LogP contribution in [0.15, 0.2) is 47.4 Å². The lowest BCUT2D eigenvalue weighted by Crippen LogP contribution is -2.41. The van der Waals surface area contributed by atoms with Gasteiger partial charge >= 0.3 is 0 Å². The number of carbonyl (C=O) groups excluding carboxylic acids is 1. The summed E-state index contributed by atoms with van der Waals surface area (Å²) < 4.78 is 1.18. The number of fused-ring (bicyclic) bond motifs is 1. The largest absolute Gasteiger partial charge is 0.338 e. The predicted molar refractivity (Wildman–Crippen MR) is 94.6 cm³/mol. The Morgan fingerprint density at radius 3 is 2.96 bits per heavy atom. The van der Waals surface area contributed by atoms with Gasteiger partial charge in [0.25, 0.3) is 11.5 Å². The van der Waals surface area contributed by atoms with E-state index in [9.17, 15) is 9.59 Å². The molecule has 3 aromatic rings. The first kappa shape index (κ1) is 15.1. The molecule has 2 aromatic heterocycles. The number of aromatic amines is 1. The molecule has 0 bridgehead atoms. The van der Waals surface area contributed by atoms with E-state index in [1.54, 1.807) is 34.6 Å². The smallest absolute Gasteiger partial charge is 0.260 e. The molecule has 5 nitrogen and oxygen atoms in total. The van der Waals surface area contributed by atoms with E-state index in [4.69, 9.17) is 4.98 Å². The summed E-state index contributed by atoms with van der Waals surface area (Å²) in [6, 6.07) is 11.4. The number of benzene rings is 1. The molecule has 1 N–H and O–H groups in total. The summed E-state index contributed by atoms with van der Waals surface area (Å²) in [5, 5.41) is 1.08. The number of hydrogen-bond donors (Lipinski definition) is 1. The summed E-state index contributed by atoms with van der Waals surface area (Å²) in [7, 11) is 0. The number of H-pyrrole nitrogens is 1. The molecule has 122 valence electrons. The van der Waals surface area contributed by atoms with Crippen LogP contribution >= 0.6 is 11.3 Å². The maximum atomic E-state index is 12.7. The Bertz CT molecular complexity index is 913. The van der Waals surface area contributed by atoms with Gasteiger partial charge in [-0.25, -0.2) is 4.98 Å². The summed E-state index contributed by atoms with van der Waals surface area (Å²) >= 11 is 1.70. The van der Waals surface area contributed by atoms with Gasteiger partial charge in [-0.3, -0.25) is 9.59 Å². The Balaban J connectivity index is 1.58. The number of pyridine rings is 1. The summed E-state index contributed by atoms with van der Waals surface area (Å²) in [4.78, 5) is 33.6. The predicted octanol–water partition coefficient (Wildman–Crippen LogP) is 3.00. The fourth-order valence-corrected chi connectivity index (χ4v) is 4.28. The lowest BCUT2D eigenvalue weighted by Gasteiger charge is -2.31. The van der Waals surface area contributed by atoms with Gasteiger partial charge in [-0.2, -0.15) is 0 Å². The molecule has 24 heavy (non-hydrogen) atoms. The number of piperidine rings is 1. The molecule has 0 saturated carbocycles. The standard InChI is InChI=1S/C18H17N3O2S/c22-16-13(6-3-9-19-16)18(23)21-10-4-5-12(11-21)17-20-14-7-1-2-8-15(14)24-17/h1-3,6-9,12H,4-5,10-11H2,(H,19,22). The maximum absolute atomic E-state index is 12.7. The van der Waals surface area contributed by atoms with Crippen LogP contribution in [0.2, 0.25) is 0 Å². The van der Waals surface area contributed by atoms with E-state index in [-0.39, 0.29) is 22.9 Å². The molecule has 1 saturated heterocycles. The maximum Gasteiger partial charge on any atom is 0.260 e. The molecule has 3 heterocycles. The van der Waals surface area contributed by atoms with Gasteiger partial charge in [0.15, 0.2) is 0 Å². The van der Waals surface area contributed by atoms with Gasteiger partial charge in [-0.1, -0.05) is 12.1 Å². The van der Waals surface area contributed by atoms with E-state index >= 15 is 0 Å². The second-order valence-corrected chi connectivity index (χ2v) is 7.09. The first-order valence-corrected chi connectivity index (χ1v) is 8.86. The molecule has 1 atom stereocenters. The van der Waals surface area contributed by atoms with Crippen molar-refractivity contribution < 1.29 is 4.79 Å². The van der Waals surface area contributed by atoms with Crippen molar-refractivity contribution in [3.05, 3.63) is 63.5 Å². The zero-order chi connectivity index (χ0) is 16.5. The summed E-state index contributed by atoms with van der Waals surface area (Å²) in [5.41, 5.74) is 0.896. The average molecular weight is 339 g/mol. The van der Waals surface area contributed by atoms with Crippen LogP contribution in [0.25, 0.3) is 10.2 Å². The second kappa shape index (κ2) is 6.20. The highest BCUT2D eigenvalue weighted by atomic mass is 32.1. The van der Waals surface area contributed by atoms with Gasteiger partial charge in [-0.15, -0.1) is 11.3 Å². The fraction of sp³-hybridized carbons (Fsp3) is 0.278. The van der Waals surface area contributed by atoms with Crippen LogP contribution < -0.4 is 5.56 Å². The molecule has 1 aliphatic rings. The molecule has 4 rings (SSSR count). The van der Waals surface area contributed by atoms with Crippen molar-refractivity contribution in [1.29, 1.82) is 0 Å². The molecule has 1 unspecified atom stereocenters. The van der Waals surface area contributed by atoms with Crippen molar-refractivity contribution in [2.75, 3.05) is 13.1 Å². The van der Waals surface area contributed by atoms with Crippen molar-refractivity contribution in [3.63, 3.8) is 0 Å². The number of para-hydroxylation sites is 1. The quantitative estimate of drug-likeness (QED) is 0.780. The first-order chi connectivity index (χ1) is 11.7. The topological polar surface area (TPSA) is 66.1 Å². The van der Waals surface area contributed by atoms with Crippen LogP contribution in [-0.2, 0) is 0 Å². The third-order valence-corrected chi connectivity index (χ3v) is 5.62. The number of rotatable bonds is 2. The minimum atomic E-state index is -0.329. The Kier molecular flexibility index (Phi) is 3.90. The summed E-state index contributed by atoms with van der Waals surface area (Å²) in [6.07, 6.45) is 3.49. The first-order valence-electron chi connectivity index (χ1n) is 8.05. The molecule has 1 fully saturated rings. The molecule has 0 radical (unpaired) electrons. The number of carbonyl (C=O) groups is 1. The van der Waals surface area contributed by atoms with E-state index in [0.29, 0.717) is 13.1 Å². The number of hydrogen-bond acceptors (Lipinski definition) is 4. The zero-order valence-corrected chi connectivity index (χ0v) is 13.9. The van der Waals surface area contributed by atoms with E-state index in [1.165, 1.54) is 4.70 Å². The molecule has 1 aliphatic heterocycles. The van der Waals surface area contributed by atoms with Crippen molar-refractivity contribution in [1.82, 2.24) is 14.9 Å². The number of thiazole rings is 1. The Hall–Kier alpha value is -2.47. The second-order valence-electron chi connectivity index (χ2n) is 6.02. The molecule has 6 heteroatoms. The lowest BCUT2D eigenvalue weighted by molar-refractivity contribution is 0.0705. The van der Waals surface area contributed by atoms with E-state index in [1.807, 2.05) is 18.2 Å². The highest BCUT2D eigenvalue weighted by molar-refractivity contribution is 7.18. The summed E-state index contributed by atoms with van der Waals surface area (Å²) in [6.45, 7) is 1.31. The Morgan fingerprint density at radius 2 is 2.12 bits per heavy atom. The highest BCUT2D eigenvalue weighted by Gasteiger charge is 2.28. The lowest BCUT2D eigenvalue weighted by atomic mass is 9.98. The average Bonchev–Trinajstić information content (AvgIpc) is 3.06. The van der Waals surface area contributed by atoms with E-state index in [2.05, 4.69) is 11.1 Å². The van der Waals surface area contributed by atoms with E-state index < -0.39 is 0 Å². The number of nitrogens with zero attached hydrogens (tertiary/aromatic N) is 2. The molecular formula is C18H17N3O2S. The third-order valence-electron chi connectivity index (χ3n) is 4.42. The Morgan fingerprint density at radius 1 is 1.25 bits per heavy atom. The van der Waals surface area contributed by atoms with Crippen molar-refractivity contribution in [2.24, 2.45) is 0 Å². The molecular weight excluding hydrogens is 322 g/mol. The fourth-order valence-electron chi connectivity index (χ4n) is 3.19. The van der Waals surface area contributed by atoms with Gasteiger partial charge < -0.3 is 9.88 Å². The van der Waals surface area contributed by atoms with E-state index in [0.717, 1.165) is 23.4 Å². The SMILES string of the molecule is O=C(c1ccc[nH]c1=O)N1CCCC(c2nc3ccccc3s2)C1. The monoisotopic (exact) mass is 339 g/mol. The minimum Gasteiger partial charge on any atom is -0.338 e. The van der Waals surface area contributed by atoms with Crippen LogP contribution in [0.3, 0.4) is 0 Å². The van der Waals surface area contributed by atoms with Gasteiger partial charge in [-0.05, 0) is 37.1 Å². The molecule has 0 spiro atoms. The summed E-state index contributed by atoms with van der Waals surface area (Å²) in [5.74, 6) is 0.0468. The molecule has 1 amide bonds. The van der Waals surface area contributed by atoms with Crippen LogP contribution in [-0.4, -0.2) is 33.9 Å². The van der Waals surface area contributed by atoms with Crippen LogP contribution in [0.1, 0.15) is 34.1 Å². The normalized spacial score (nSPS) is 18.0. The number of aromatic nitrogens is 2. The van der Waals surface area contributed by atoms with Crippen molar-refractivity contribution in [2.45, 2.75) is 18.8 Å². The number of nitrogens with one attached hydrogen (secondary N) is 1. The van der Waals surface area contributed by atoms with Gasteiger partial charge in [0.1, 0.15) is 5.56 Å². The third kappa shape index (κ3) is 2.73. The molecule has 0 aliphatic carbocycles. The van der Waals surface area contributed by atoms with Crippen LogP contribution in [0, 0.1) is 0 Å². The number of likely N-dealkylation sites (tertiary alicyclic amines) is 1. The zero-order valence-electron chi connectivity index (χ0n) is 13.1. The van der Waals surface area contributed by atoms with Crippen LogP contribution in [0.5, 0.6) is 0 Å². The van der Waals surface area contributed by atoms with Gasteiger partial charge in [0.2, 0.25) is 0 Å². The minimum absolute atomic E-state index is 0.192. The Labute approximate surface area is 143 Å². The van der Waals surface area contributed by atoms with Gasteiger partial charge in [0.05, 0.1) is 15.2 Å². The van der Waals surface area contributed by atoms with Crippen molar-refractivity contribution in [3.8, 4) is 0 Å². The highest BCUT2D eigenvalue weighted by Crippen LogP contribution is 2.33. The van der Waals surface area contributed by atoms with Crippen LogP contribution in [0.4, 0.5) is 0 Å². The van der Waals surface area contributed by atoms with Gasteiger partial charge in [0, 0.05) is 25.2 Å². The molecule has 1 aromatic carbocycles. The number of amides is 1.